The molecule has 0 aliphatic carbocycles. The fourth-order valence-electron chi connectivity index (χ4n) is 7.53. The minimum absolute atomic E-state index is 0.689. The number of aromatic nitrogens is 3. The van der Waals surface area contributed by atoms with Crippen LogP contribution in [-0.2, 0) is 0 Å². The van der Waals surface area contributed by atoms with E-state index in [2.05, 4.69) is 169 Å². The average molecular weight is 636 g/mol. The van der Waals surface area contributed by atoms with Crippen LogP contribution in [-0.4, -0.2) is 15.0 Å². The SMILES string of the molecule is c1ccc2c(-c3ccc(-c4nc(-c5cc6ccccc6c6ccccc56)cc(-c5cc6ccccc6c6ccccc56)n4)cc3)cncc2c1. The first-order valence-electron chi connectivity index (χ1n) is 16.9. The summed E-state index contributed by atoms with van der Waals surface area (Å²) in [7, 11) is 0. The monoisotopic (exact) mass is 635 g/mol. The highest BCUT2D eigenvalue weighted by Crippen LogP contribution is 2.39. The summed E-state index contributed by atoms with van der Waals surface area (Å²) < 4.78 is 0. The fraction of sp³-hybridized carbons (Fsp3) is 0. The standard InChI is InChI=1S/C47H29N3/c1-4-14-35-32(11-1)25-42(40-19-9-7-17-38(35)40)45-27-46(43-26-33-12-2-5-15-36(33)39-18-8-10-20-41(39)43)50-47(49-45)31-23-21-30(22-24-31)44-29-48-28-34-13-3-6-16-37(34)44/h1-29H. The van der Waals surface area contributed by atoms with E-state index in [4.69, 9.17) is 9.97 Å². The lowest BCUT2D eigenvalue weighted by Gasteiger charge is -2.15. The summed E-state index contributed by atoms with van der Waals surface area (Å²) in [5, 5.41) is 11.9. The minimum Gasteiger partial charge on any atom is -0.263 e. The van der Waals surface area contributed by atoms with E-state index in [1.165, 1.54) is 48.5 Å². The zero-order valence-corrected chi connectivity index (χ0v) is 27.1. The van der Waals surface area contributed by atoms with Gasteiger partial charge in [-0.25, -0.2) is 9.97 Å². The van der Waals surface area contributed by atoms with Crippen molar-refractivity contribution < 1.29 is 0 Å². The van der Waals surface area contributed by atoms with Gasteiger partial charge in [0.25, 0.3) is 0 Å². The molecule has 8 aromatic carbocycles. The number of fused-ring (bicyclic) bond motifs is 7. The Kier molecular flexibility index (Phi) is 6.49. The van der Waals surface area contributed by atoms with Gasteiger partial charge in [-0.1, -0.05) is 146 Å². The second-order valence-electron chi connectivity index (χ2n) is 12.8. The van der Waals surface area contributed by atoms with Gasteiger partial charge in [0.15, 0.2) is 5.82 Å². The molecule has 0 spiro atoms. The molecule has 0 amide bonds. The lowest BCUT2D eigenvalue weighted by Crippen LogP contribution is -1.97. The summed E-state index contributed by atoms with van der Waals surface area (Å²) in [6, 6.07) is 58.2. The molecule has 0 aliphatic heterocycles. The number of hydrogen-bond donors (Lipinski definition) is 0. The van der Waals surface area contributed by atoms with Crippen molar-refractivity contribution in [1.29, 1.82) is 0 Å². The van der Waals surface area contributed by atoms with Crippen molar-refractivity contribution in [1.82, 2.24) is 15.0 Å². The Morgan fingerprint density at radius 1 is 0.300 bits per heavy atom. The molecule has 0 bridgehead atoms. The van der Waals surface area contributed by atoms with Gasteiger partial charge in [0.05, 0.1) is 11.4 Å². The van der Waals surface area contributed by atoms with Crippen LogP contribution in [0.4, 0.5) is 0 Å². The molecule has 50 heavy (non-hydrogen) atoms. The normalized spacial score (nSPS) is 11.6. The predicted octanol–water partition coefficient (Wildman–Crippen LogP) is 12.3. The zero-order valence-electron chi connectivity index (χ0n) is 27.1. The summed E-state index contributed by atoms with van der Waals surface area (Å²) in [6.07, 6.45) is 3.86. The molecule has 0 fully saturated rings. The van der Waals surface area contributed by atoms with E-state index >= 15 is 0 Å². The largest absolute Gasteiger partial charge is 0.263 e. The van der Waals surface area contributed by atoms with Crippen LogP contribution in [0.1, 0.15) is 0 Å². The number of nitrogens with zero attached hydrogens (tertiary/aromatic N) is 3. The summed E-state index contributed by atoms with van der Waals surface area (Å²) in [5.74, 6) is 0.689. The lowest BCUT2D eigenvalue weighted by molar-refractivity contribution is 1.19. The molecule has 0 saturated heterocycles. The molecule has 2 heterocycles. The molecule has 0 saturated carbocycles. The molecule has 0 radical (unpaired) electrons. The number of hydrogen-bond acceptors (Lipinski definition) is 3. The molecule has 3 nitrogen and oxygen atoms in total. The van der Waals surface area contributed by atoms with Crippen molar-refractivity contribution in [3.8, 4) is 45.0 Å². The van der Waals surface area contributed by atoms with Gasteiger partial charge in [0, 0.05) is 40.0 Å². The van der Waals surface area contributed by atoms with E-state index in [1.54, 1.807) is 0 Å². The highest BCUT2D eigenvalue weighted by atomic mass is 14.9. The molecular weight excluding hydrogens is 607 g/mol. The van der Waals surface area contributed by atoms with Crippen LogP contribution in [0, 0.1) is 0 Å². The molecule has 0 atom stereocenters. The van der Waals surface area contributed by atoms with E-state index < -0.39 is 0 Å². The number of rotatable bonds is 4. The Hall–Kier alpha value is -6.71. The van der Waals surface area contributed by atoms with Crippen molar-refractivity contribution in [2.45, 2.75) is 0 Å². The molecule has 10 rings (SSSR count). The zero-order chi connectivity index (χ0) is 33.0. The highest BCUT2D eigenvalue weighted by molar-refractivity contribution is 6.15. The molecule has 0 unspecified atom stereocenters. The number of pyridine rings is 1. The Morgan fingerprint density at radius 3 is 1.30 bits per heavy atom. The van der Waals surface area contributed by atoms with Crippen LogP contribution >= 0.6 is 0 Å². The maximum atomic E-state index is 5.33. The van der Waals surface area contributed by atoms with E-state index in [9.17, 15) is 0 Å². The third kappa shape index (κ3) is 4.63. The Balaban J connectivity index is 1.22. The molecule has 3 heteroatoms. The quantitative estimate of drug-likeness (QED) is 0.181. The Bertz CT molecular complexity index is 2780. The molecule has 2 aromatic heterocycles. The Labute approximate surface area is 289 Å². The second kappa shape index (κ2) is 11.5. The Morgan fingerprint density at radius 2 is 0.740 bits per heavy atom. The van der Waals surface area contributed by atoms with Crippen molar-refractivity contribution in [2.24, 2.45) is 0 Å². The summed E-state index contributed by atoms with van der Waals surface area (Å²) in [5.41, 5.74) is 7.14. The second-order valence-corrected chi connectivity index (χ2v) is 12.8. The molecule has 0 N–H and O–H groups in total. The van der Waals surface area contributed by atoms with Crippen LogP contribution in [0.2, 0.25) is 0 Å². The van der Waals surface area contributed by atoms with Gasteiger partial charge in [-0.15, -0.1) is 0 Å². The first-order chi connectivity index (χ1) is 24.8. The van der Waals surface area contributed by atoms with E-state index in [0.717, 1.165) is 44.6 Å². The molecular formula is C47H29N3. The smallest absolute Gasteiger partial charge is 0.160 e. The van der Waals surface area contributed by atoms with Gasteiger partial charge in [0.2, 0.25) is 0 Å². The predicted molar refractivity (Wildman–Crippen MR) is 209 cm³/mol. The first-order valence-corrected chi connectivity index (χ1v) is 16.9. The van der Waals surface area contributed by atoms with E-state index in [1.807, 2.05) is 12.4 Å². The fourth-order valence-corrected chi connectivity index (χ4v) is 7.53. The third-order valence-corrected chi connectivity index (χ3v) is 9.94. The van der Waals surface area contributed by atoms with E-state index in [-0.39, 0.29) is 0 Å². The van der Waals surface area contributed by atoms with Gasteiger partial charge in [0.1, 0.15) is 0 Å². The summed E-state index contributed by atoms with van der Waals surface area (Å²) >= 11 is 0. The van der Waals surface area contributed by atoms with Crippen LogP contribution in [0.25, 0.3) is 98.9 Å². The minimum atomic E-state index is 0.689. The maximum Gasteiger partial charge on any atom is 0.160 e. The van der Waals surface area contributed by atoms with Crippen LogP contribution in [0.5, 0.6) is 0 Å². The molecule has 10 aromatic rings. The first kappa shape index (κ1) is 28.3. The maximum absolute atomic E-state index is 5.33. The summed E-state index contributed by atoms with van der Waals surface area (Å²) in [6.45, 7) is 0. The summed E-state index contributed by atoms with van der Waals surface area (Å²) in [4.78, 5) is 15.2. The van der Waals surface area contributed by atoms with Crippen LogP contribution in [0.3, 0.4) is 0 Å². The van der Waals surface area contributed by atoms with E-state index in [0.29, 0.717) is 5.82 Å². The van der Waals surface area contributed by atoms with Crippen molar-refractivity contribution in [2.75, 3.05) is 0 Å². The van der Waals surface area contributed by atoms with Gasteiger partial charge in [-0.2, -0.15) is 0 Å². The van der Waals surface area contributed by atoms with Crippen molar-refractivity contribution in [3.05, 3.63) is 176 Å². The van der Waals surface area contributed by atoms with Gasteiger partial charge >= 0.3 is 0 Å². The van der Waals surface area contributed by atoms with Crippen LogP contribution < -0.4 is 0 Å². The van der Waals surface area contributed by atoms with Crippen LogP contribution in [0.15, 0.2) is 176 Å². The third-order valence-electron chi connectivity index (χ3n) is 9.94. The van der Waals surface area contributed by atoms with Crippen molar-refractivity contribution >= 4 is 53.9 Å². The molecule has 232 valence electrons. The molecule has 0 aliphatic rings. The highest BCUT2D eigenvalue weighted by Gasteiger charge is 2.17. The van der Waals surface area contributed by atoms with Gasteiger partial charge in [-0.05, 0) is 72.2 Å². The average Bonchev–Trinajstić information content (AvgIpc) is 3.20. The van der Waals surface area contributed by atoms with Gasteiger partial charge in [-0.3, -0.25) is 4.98 Å². The van der Waals surface area contributed by atoms with Crippen molar-refractivity contribution in [3.63, 3.8) is 0 Å². The lowest BCUT2D eigenvalue weighted by atomic mass is 9.93. The number of benzene rings is 8. The van der Waals surface area contributed by atoms with Gasteiger partial charge < -0.3 is 0 Å². The topological polar surface area (TPSA) is 38.7 Å².